The fraction of sp³-hybridized carbons (Fsp3) is 0.708. The van der Waals surface area contributed by atoms with Crippen molar-refractivity contribution in [3.63, 3.8) is 0 Å². The average molecular weight is 467 g/mol. The lowest BCUT2D eigenvalue weighted by Crippen LogP contribution is -2.39. The highest BCUT2D eigenvalue weighted by Crippen LogP contribution is 2.27. The maximum atomic E-state index is 12.5. The van der Waals surface area contributed by atoms with Gasteiger partial charge >= 0.3 is 6.09 Å². The molecule has 180 valence electrons. The lowest BCUT2D eigenvalue weighted by molar-refractivity contribution is 0.0637. The van der Waals surface area contributed by atoms with Gasteiger partial charge in [-0.05, 0) is 75.1 Å². The van der Waals surface area contributed by atoms with Gasteiger partial charge in [0, 0.05) is 26.2 Å². The number of hydrogen-bond donors (Lipinski definition) is 0. The van der Waals surface area contributed by atoms with E-state index in [1.54, 1.807) is 9.21 Å². The van der Waals surface area contributed by atoms with E-state index in [0.29, 0.717) is 32.0 Å². The van der Waals surface area contributed by atoms with Crippen molar-refractivity contribution >= 4 is 16.1 Å². The van der Waals surface area contributed by atoms with Crippen LogP contribution in [-0.2, 0) is 27.7 Å². The number of likely N-dealkylation sites (tertiary alicyclic amines) is 1. The summed E-state index contributed by atoms with van der Waals surface area (Å²) in [6.07, 6.45) is 4.94. The molecule has 1 aromatic carbocycles. The minimum absolute atomic E-state index is 0.0845. The molecule has 0 N–H and O–H groups in total. The smallest absolute Gasteiger partial charge is 0.410 e. The molecule has 0 unspecified atom stereocenters. The first-order valence-corrected chi connectivity index (χ1v) is 13.6. The van der Waals surface area contributed by atoms with Crippen molar-refractivity contribution in [2.75, 3.05) is 32.0 Å². The number of amides is 1. The molecule has 1 amide bonds. The molecule has 1 saturated heterocycles. The van der Waals surface area contributed by atoms with Crippen molar-refractivity contribution in [1.82, 2.24) is 9.21 Å². The second-order valence-corrected chi connectivity index (χ2v) is 11.3. The Hall–Kier alpha value is -1.80. The lowest BCUT2D eigenvalue weighted by atomic mass is 9.94. The highest BCUT2D eigenvalue weighted by molar-refractivity contribution is 7.89. The molecular formula is C24H38N2O5S. The largest absolute Gasteiger partial charge is 0.494 e. The maximum Gasteiger partial charge on any atom is 0.410 e. The fourth-order valence-corrected chi connectivity index (χ4v) is 5.93. The first-order chi connectivity index (χ1) is 15.3. The second kappa shape index (κ2) is 11.4. The van der Waals surface area contributed by atoms with E-state index in [-0.39, 0.29) is 18.0 Å². The molecule has 0 aromatic heterocycles. The Balaban J connectivity index is 1.43. The molecule has 0 atom stereocenters. The SMILES string of the molecule is CCCCS(=O)(=O)N1CCc2cc(OCCC3CCN(C(=O)OC(C)C)CC3)ccc2C1. The molecule has 0 aliphatic carbocycles. The summed E-state index contributed by atoms with van der Waals surface area (Å²) in [6.45, 7) is 8.88. The third-order valence-corrected chi connectivity index (χ3v) is 8.21. The van der Waals surface area contributed by atoms with Crippen molar-refractivity contribution in [3.05, 3.63) is 29.3 Å². The molecule has 0 spiro atoms. The van der Waals surface area contributed by atoms with Gasteiger partial charge in [0.25, 0.3) is 0 Å². The van der Waals surface area contributed by atoms with Crippen LogP contribution in [0.15, 0.2) is 18.2 Å². The number of sulfonamides is 1. The first-order valence-electron chi connectivity index (χ1n) is 12.0. The second-order valence-electron chi connectivity index (χ2n) is 9.18. The highest BCUT2D eigenvalue weighted by atomic mass is 32.2. The van der Waals surface area contributed by atoms with Gasteiger partial charge in [-0.15, -0.1) is 0 Å². The summed E-state index contributed by atoms with van der Waals surface area (Å²) in [5.41, 5.74) is 2.26. The number of unbranched alkanes of at least 4 members (excludes halogenated alkanes) is 1. The number of nitrogens with zero attached hydrogens (tertiary/aromatic N) is 2. The quantitative estimate of drug-likeness (QED) is 0.545. The monoisotopic (exact) mass is 466 g/mol. The Bertz CT molecular complexity index is 863. The molecular weight excluding hydrogens is 428 g/mol. The van der Waals surface area contributed by atoms with E-state index in [4.69, 9.17) is 9.47 Å². The number of benzene rings is 1. The number of ether oxygens (including phenoxy) is 2. The minimum Gasteiger partial charge on any atom is -0.494 e. The van der Waals surface area contributed by atoms with Crippen molar-refractivity contribution < 1.29 is 22.7 Å². The Morgan fingerprint density at radius 1 is 1.16 bits per heavy atom. The molecule has 2 aliphatic heterocycles. The van der Waals surface area contributed by atoms with Gasteiger partial charge in [0.1, 0.15) is 5.75 Å². The summed E-state index contributed by atoms with van der Waals surface area (Å²) in [7, 11) is -3.17. The lowest BCUT2D eigenvalue weighted by Gasteiger charge is -2.31. The van der Waals surface area contributed by atoms with Crippen molar-refractivity contribution in [3.8, 4) is 5.75 Å². The molecule has 2 aliphatic rings. The number of rotatable bonds is 9. The van der Waals surface area contributed by atoms with Crippen LogP contribution >= 0.6 is 0 Å². The van der Waals surface area contributed by atoms with E-state index in [2.05, 4.69) is 6.07 Å². The van der Waals surface area contributed by atoms with Gasteiger partial charge in [-0.25, -0.2) is 13.2 Å². The highest BCUT2D eigenvalue weighted by Gasteiger charge is 2.27. The van der Waals surface area contributed by atoms with Gasteiger partial charge in [-0.2, -0.15) is 4.31 Å². The number of carbonyl (C=O) groups excluding carboxylic acids is 1. The molecule has 0 radical (unpaired) electrons. The van der Waals surface area contributed by atoms with Gasteiger partial charge in [0.05, 0.1) is 18.5 Å². The van der Waals surface area contributed by atoms with Crippen LogP contribution in [0.4, 0.5) is 4.79 Å². The normalized spacial score (nSPS) is 17.9. The van der Waals surface area contributed by atoms with E-state index in [9.17, 15) is 13.2 Å². The maximum absolute atomic E-state index is 12.5. The zero-order valence-electron chi connectivity index (χ0n) is 19.7. The Morgan fingerprint density at radius 3 is 2.59 bits per heavy atom. The number of carbonyl (C=O) groups is 1. The van der Waals surface area contributed by atoms with Gasteiger partial charge in [-0.3, -0.25) is 0 Å². The van der Waals surface area contributed by atoms with Crippen LogP contribution in [0.3, 0.4) is 0 Å². The van der Waals surface area contributed by atoms with Crippen LogP contribution in [0.5, 0.6) is 5.75 Å². The predicted octanol–water partition coefficient (Wildman–Crippen LogP) is 4.20. The molecule has 1 aromatic rings. The molecule has 2 heterocycles. The Kier molecular flexibility index (Phi) is 8.82. The Morgan fingerprint density at radius 2 is 1.91 bits per heavy atom. The van der Waals surface area contributed by atoms with Crippen molar-refractivity contribution in [1.29, 1.82) is 0 Å². The number of piperidine rings is 1. The van der Waals surface area contributed by atoms with Gasteiger partial charge in [0.2, 0.25) is 10.0 Å². The summed E-state index contributed by atoms with van der Waals surface area (Å²) in [4.78, 5) is 13.8. The van der Waals surface area contributed by atoms with E-state index in [1.165, 1.54) is 5.56 Å². The number of hydrogen-bond acceptors (Lipinski definition) is 5. The molecule has 32 heavy (non-hydrogen) atoms. The van der Waals surface area contributed by atoms with Gasteiger partial charge in [-0.1, -0.05) is 19.4 Å². The zero-order valence-corrected chi connectivity index (χ0v) is 20.5. The minimum atomic E-state index is -3.17. The molecule has 8 heteroatoms. The van der Waals surface area contributed by atoms with Crippen LogP contribution < -0.4 is 4.74 Å². The average Bonchev–Trinajstić information content (AvgIpc) is 2.77. The van der Waals surface area contributed by atoms with E-state index >= 15 is 0 Å². The van der Waals surface area contributed by atoms with Crippen molar-refractivity contribution in [2.24, 2.45) is 5.92 Å². The summed E-state index contributed by atoms with van der Waals surface area (Å²) < 4.78 is 37.9. The van der Waals surface area contributed by atoms with Crippen LogP contribution in [0, 0.1) is 5.92 Å². The third-order valence-electron chi connectivity index (χ3n) is 6.31. The van der Waals surface area contributed by atoms with Gasteiger partial charge in [0.15, 0.2) is 0 Å². The van der Waals surface area contributed by atoms with Crippen LogP contribution in [0.2, 0.25) is 0 Å². The van der Waals surface area contributed by atoms with Crippen LogP contribution in [0.25, 0.3) is 0 Å². The predicted molar refractivity (Wildman–Crippen MR) is 125 cm³/mol. The summed E-state index contributed by atoms with van der Waals surface area (Å²) in [5, 5.41) is 0. The zero-order chi connectivity index (χ0) is 23.1. The summed E-state index contributed by atoms with van der Waals surface area (Å²) in [5.74, 6) is 1.64. The first kappa shape index (κ1) is 24.8. The molecule has 1 fully saturated rings. The molecule has 7 nitrogen and oxygen atoms in total. The molecule has 3 rings (SSSR count). The Labute approximate surface area is 193 Å². The van der Waals surface area contributed by atoms with Crippen molar-refractivity contribution in [2.45, 2.75) is 71.9 Å². The fourth-order valence-electron chi connectivity index (χ4n) is 4.31. The van der Waals surface area contributed by atoms with Crippen LogP contribution in [0.1, 0.15) is 64.0 Å². The standard InChI is InChI=1S/C24H38N2O5S/c1-4-5-16-32(28,29)26-14-10-21-17-23(7-6-22(21)18-26)30-15-11-20-8-12-25(13-9-20)24(27)31-19(2)3/h6-7,17,19-20H,4-5,8-16,18H2,1-3H3. The summed E-state index contributed by atoms with van der Waals surface area (Å²) >= 11 is 0. The van der Waals surface area contributed by atoms with E-state index in [1.807, 2.05) is 32.9 Å². The van der Waals surface area contributed by atoms with E-state index in [0.717, 1.165) is 56.5 Å². The third kappa shape index (κ3) is 6.85. The van der Waals surface area contributed by atoms with Gasteiger partial charge < -0.3 is 14.4 Å². The summed E-state index contributed by atoms with van der Waals surface area (Å²) in [6, 6.07) is 6.02. The van der Waals surface area contributed by atoms with Crippen LogP contribution in [-0.4, -0.2) is 61.8 Å². The topological polar surface area (TPSA) is 76.2 Å². The molecule has 0 saturated carbocycles. The molecule has 0 bridgehead atoms. The number of fused-ring (bicyclic) bond motifs is 1. The van der Waals surface area contributed by atoms with E-state index < -0.39 is 10.0 Å².